The van der Waals surface area contributed by atoms with Gasteiger partial charge < -0.3 is 9.30 Å². The van der Waals surface area contributed by atoms with Crippen LogP contribution < -0.4 is 16.0 Å². The second kappa shape index (κ2) is 5.76. The van der Waals surface area contributed by atoms with Crippen molar-refractivity contribution in [1.82, 2.24) is 9.55 Å². The SMILES string of the molecule is COc1c(Br)cc(-c2cn(C)c(=O)[nH]c2=O)cc1C(C)(C)C. The van der Waals surface area contributed by atoms with Crippen molar-refractivity contribution in [3.8, 4) is 16.9 Å². The third kappa shape index (κ3) is 3.02. The van der Waals surface area contributed by atoms with Crippen molar-refractivity contribution in [3.05, 3.63) is 49.2 Å². The molecule has 1 N–H and O–H groups in total. The van der Waals surface area contributed by atoms with Crippen LogP contribution >= 0.6 is 15.9 Å². The van der Waals surface area contributed by atoms with E-state index in [1.54, 1.807) is 20.4 Å². The fourth-order valence-electron chi connectivity index (χ4n) is 2.28. The van der Waals surface area contributed by atoms with Crippen LogP contribution in [0.4, 0.5) is 0 Å². The molecule has 0 spiro atoms. The largest absolute Gasteiger partial charge is 0.495 e. The average molecular weight is 367 g/mol. The molecule has 2 aromatic rings. The van der Waals surface area contributed by atoms with Crippen molar-refractivity contribution in [3.63, 3.8) is 0 Å². The molecule has 1 aromatic heterocycles. The fraction of sp³-hybridized carbons (Fsp3) is 0.375. The van der Waals surface area contributed by atoms with Gasteiger partial charge in [0.25, 0.3) is 5.56 Å². The number of aromatic nitrogens is 2. The summed E-state index contributed by atoms with van der Waals surface area (Å²) in [5.41, 5.74) is 1.16. The molecule has 118 valence electrons. The lowest BCUT2D eigenvalue weighted by Gasteiger charge is -2.24. The Labute approximate surface area is 137 Å². The monoisotopic (exact) mass is 366 g/mol. The number of halogens is 1. The summed E-state index contributed by atoms with van der Waals surface area (Å²) in [5.74, 6) is 0.748. The summed E-state index contributed by atoms with van der Waals surface area (Å²) in [6, 6.07) is 3.75. The number of hydrogen-bond acceptors (Lipinski definition) is 3. The predicted octanol–water partition coefficient (Wildman–Crippen LogP) is 2.81. The molecule has 0 saturated heterocycles. The highest BCUT2D eigenvalue weighted by Gasteiger charge is 2.22. The summed E-state index contributed by atoms with van der Waals surface area (Å²) in [5, 5.41) is 0. The molecule has 0 aliphatic carbocycles. The van der Waals surface area contributed by atoms with Gasteiger partial charge >= 0.3 is 5.69 Å². The Morgan fingerprint density at radius 1 is 1.23 bits per heavy atom. The second-order valence-corrected chi connectivity index (χ2v) is 7.06. The van der Waals surface area contributed by atoms with E-state index >= 15 is 0 Å². The Balaban J connectivity index is 2.79. The standard InChI is InChI=1S/C16H19BrN2O3/c1-16(2,3)11-6-9(7-12(17)13(11)22-5)10-8-19(4)15(21)18-14(10)20/h6-8H,1-5H3,(H,18,20,21). The van der Waals surface area contributed by atoms with Crippen molar-refractivity contribution in [2.75, 3.05) is 7.11 Å². The molecule has 0 aliphatic heterocycles. The van der Waals surface area contributed by atoms with Gasteiger partial charge in [-0.3, -0.25) is 9.78 Å². The van der Waals surface area contributed by atoms with Gasteiger partial charge in [0.15, 0.2) is 0 Å². The molecule has 6 heteroatoms. The van der Waals surface area contributed by atoms with E-state index in [2.05, 4.69) is 41.7 Å². The first-order valence-corrected chi connectivity index (χ1v) is 7.62. The first kappa shape index (κ1) is 16.5. The molecule has 0 fully saturated rings. The molecule has 2 rings (SSSR count). The number of H-pyrrole nitrogens is 1. The second-order valence-electron chi connectivity index (χ2n) is 6.20. The van der Waals surface area contributed by atoms with Crippen LogP contribution in [0.15, 0.2) is 32.4 Å². The molecule has 1 heterocycles. The average Bonchev–Trinajstić information content (AvgIpc) is 2.41. The van der Waals surface area contributed by atoms with Gasteiger partial charge in [-0.15, -0.1) is 0 Å². The van der Waals surface area contributed by atoms with E-state index in [9.17, 15) is 9.59 Å². The van der Waals surface area contributed by atoms with Gasteiger partial charge in [0.1, 0.15) is 5.75 Å². The first-order valence-electron chi connectivity index (χ1n) is 6.83. The van der Waals surface area contributed by atoms with E-state index in [0.29, 0.717) is 5.56 Å². The molecule has 0 radical (unpaired) electrons. The van der Waals surface area contributed by atoms with Crippen LogP contribution in [0.5, 0.6) is 5.75 Å². The van der Waals surface area contributed by atoms with Gasteiger partial charge in [0, 0.05) is 18.8 Å². The first-order chi connectivity index (χ1) is 10.1. The molecular formula is C16H19BrN2O3. The number of methoxy groups -OCH3 is 1. The molecular weight excluding hydrogens is 348 g/mol. The van der Waals surface area contributed by atoms with E-state index < -0.39 is 11.2 Å². The Morgan fingerprint density at radius 2 is 1.86 bits per heavy atom. The number of benzene rings is 1. The van der Waals surface area contributed by atoms with E-state index in [4.69, 9.17) is 4.74 Å². The van der Waals surface area contributed by atoms with Crippen molar-refractivity contribution in [2.24, 2.45) is 7.05 Å². The normalized spacial score (nSPS) is 11.5. The van der Waals surface area contributed by atoms with Gasteiger partial charge in [0.05, 0.1) is 17.1 Å². The molecule has 0 saturated carbocycles. The summed E-state index contributed by atoms with van der Waals surface area (Å²) < 4.78 is 7.60. The van der Waals surface area contributed by atoms with Crippen LogP contribution in [0, 0.1) is 0 Å². The number of nitrogens with one attached hydrogen (secondary N) is 1. The van der Waals surface area contributed by atoms with Gasteiger partial charge in [-0.05, 0) is 39.0 Å². The minimum atomic E-state index is -0.433. The lowest BCUT2D eigenvalue weighted by atomic mass is 9.85. The number of hydrogen-bond donors (Lipinski definition) is 1. The molecule has 0 unspecified atom stereocenters. The summed E-state index contributed by atoms with van der Waals surface area (Å²) in [6.07, 6.45) is 1.54. The Hall–Kier alpha value is -1.82. The van der Waals surface area contributed by atoms with Crippen LogP contribution in [0.2, 0.25) is 0 Å². The van der Waals surface area contributed by atoms with Crippen LogP contribution in [-0.4, -0.2) is 16.7 Å². The van der Waals surface area contributed by atoms with E-state index in [0.717, 1.165) is 21.3 Å². The van der Waals surface area contributed by atoms with Crippen molar-refractivity contribution in [1.29, 1.82) is 0 Å². The molecule has 1 aromatic carbocycles. The number of nitrogens with zero attached hydrogens (tertiary/aromatic N) is 1. The topological polar surface area (TPSA) is 64.1 Å². The van der Waals surface area contributed by atoms with E-state index in [1.165, 1.54) is 4.57 Å². The molecule has 0 bridgehead atoms. The van der Waals surface area contributed by atoms with Gasteiger partial charge in [0.2, 0.25) is 0 Å². The van der Waals surface area contributed by atoms with Crippen molar-refractivity contribution >= 4 is 15.9 Å². The molecule has 0 amide bonds. The lowest BCUT2D eigenvalue weighted by Crippen LogP contribution is -2.28. The molecule has 5 nitrogen and oxygen atoms in total. The summed E-state index contributed by atoms with van der Waals surface area (Å²) in [4.78, 5) is 25.9. The Morgan fingerprint density at radius 3 is 2.41 bits per heavy atom. The van der Waals surface area contributed by atoms with Gasteiger partial charge in [-0.2, -0.15) is 0 Å². The zero-order chi connectivity index (χ0) is 16.7. The third-order valence-electron chi connectivity index (χ3n) is 3.47. The van der Waals surface area contributed by atoms with Crippen LogP contribution in [0.3, 0.4) is 0 Å². The van der Waals surface area contributed by atoms with Crippen LogP contribution in [0.25, 0.3) is 11.1 Å². The fourth-order valence-corrected chi connectivity index (χ4v) is 2.90. The maximum Gasteiger partial charge on any atom is 0.328 e. The molecule has 0 atom stereocenters. The zero-order valence-corrected chi connectivity index (χ0v) is 14.9. The van der Waals surface area contributed by atoms with Gasteiger partial charge in [-0.25, -0.2) is 4.79 Å². The Kier molecular flexibility index (Phi) is 4.33. The molecule has 0 aliphatic rings. The number of rotatable bonds is 2. The zero-order valence-electron chi connectivity index (χ0n) is 13.3. The predicted molar refractivity (Wildman–Crippen MR) is 90.7 cm³/mol. The maximum absolute atomic E-state index is 12.1. The van der Waals surface area contributed by atoms with Crippen molar-refractivity contribution in [2.45, 2.75) is 26.2 Å². The molecule has 22 heavy (non-hydrogen) atoms. The summed E-state index contributed by atoms with van der Waals surface area (Å²) in [6.45, 7) is 6.23. The van der Waals surface area contributed by atoms with Crippen LogP contribution in [0.1, 0.15) is 26.3 Å². The Bertz CT molecular complexity index is 829. The minimum Gasteiger partial charge on any atom is -0.495 e. The maximum atomic E-state index is 12.1. The highest BCUT2D eigenvalue weighted by atomic mass is 79.9. The van der Waals surface area contributed by atoms with E-state index in [-0.39, 0.29) is 5.41 Å². The van der Waals surface area contributed by atoms with Crippen molar-refractivity contribution < 1.29 is 4.74 Å². The third-order valence-corrected chi connectivity index (χ3v) is 4.06. The minimum absolute atomic E-state index is 0.155. The van der Waals surface area contributed by atoms with Crippen LogP contribution in [-0.2, 0) is 12.5 Å². The summed E-state index contributed by atoms with van der Waals surface area (Å²) in [7, 11) is 3.22. The van der Waals surface area contributed by atoms with Gasteiger partial charge in [-0.1, -0.05) is 20.8 Å². The number of ether oxygens (including phenoxy) is 1. The summed E-state index contributed by atoms with van der Waals surface area (Å²) >= 11 is 3.50. The number of aromatic amines is 1. The number of aryl methyl sites for hydroxylation is 1. The smallest absolute Gasteiger partial charge is 0.328 e. The van der Waals surface area contributed by atoms with E-state index in [1.807, 2.05) is 12.1 Å². The highest BCUT2D eigenvalue weighted by Crippen LogP contribution is 2.39. The quantitative estimate of drug-likeness (QED) is 0.888. The highest BCUT2D eigenvalue weighted by molar-refractivity contribution is 9.10. The lowest BCUT2D eigenvalue weighted by molar-refractivity contribution is 0.395.